The van der Waals surface area contributed by atoms with Crippen LogP contribution in [0.4, 0.5) is 10.3 Å². The van der Waals surface area contributed by atoms with Gasteiger partial charge in [-0.3, -0.25) is 9.69 Å². The number of morpholine rings is 1. The number of hydrogen-bond donors (Lipinski definition) is 0. The van der Waals surface area contributed by atoms with Crippen LogP contribution in [0.3, 0.4) is 0 Å². The minimum atomic E-state index is -0.315. The van der Waals surface area contributed by atoms with Gasteiger partial charge in [0, 0.05) is 52.0 Å². The molecule has 2 fully saturated rings. The van der Waals surface area contributed by atoms with E-state index < -0.39 is 0 Å². The van der Waals surface area contributed by atoms with Crippen LogP contribution in [0.25, 0.3) is 11.1 Å². The molecule has 1 amide bonds. The maximum absolute atomic E-state index is 13.9. The molecule has 0 spiro atoms. The summed E-state index contributed by atoms with van der Waals surface area (Å²) < 4.78 is 19.9. The Morgan fingerprint density at radius 3 is 2.80 bits per heavy atom. The van der Waals surface area contributed by atoms with Crippen LogP contribution in [0, 0.1) is 5.82 Å². The maximum atomic E-state index is 13.9. The summed E-state index contributed by atoms with van der Waals surface area (Å²) in [4.78, 5) is 27.7. The molecule has 30 heavy (non-hydrogen) atoms. The fourth-order valence-electron chi connectivity index (χ4n) is 3.99. The number of carbonyl (C=O) groups excluding carboxylic acids is 1. The fourth-order valence-corrected chi connectivity index (χ4v) is 3.99. The zero-order chi connectivity index (χ0) is 21.1. The molecule has 0 aliphatic carbocycles. The van der Waals surface area contributed by atoms with Gasteiger partial charge in [-0.05, 0) is 30.5 Å². The summed E-state index contributed by atoms with van der Waals surface area (Å²) in [6, 6.07) is 6.42. The van der Waals surface area contributed by atoms with Gasteiger partial charge in [0.05, 0.1) is 18.8 Å². The largest absolute Gasteiger partial charge is 0.369 e. The number of ether oxygens (including phenoxy) is 1. The molecule has 0 bridgehead atoms. The number of hydrogen-bond acceptors (Lipinski definition) is 6. The van der Waals surface area contributed by atoms with Gasteiger partial charge in [0.2, 0.25) is 11.9 Å². The Hall–Kier alpha value is -2.58. The first-order valence-corrected chi connectivity index (χ1v) is 10.4. The predicted octanol–water partition coefficient (Wildman–Crippen LogP) is 2.34. The van der Waals surface area contributed by atoms with Crippen LogP contribution in [0.15, 0.2) is 30.5 Å². The standard InChI is InChI=1S/C22H28FN5O2/c1-26(2)22-24-13-18(16-6-5-7-17(23)12-16)21(25-22)19-14-27(10-11-30-19)15-20(29)28-8-3-4-9-28/h5-7,12-13,19H,3-4,8-11,14-15H2,1-2H3/t19-/m1/s1. The Balaban J connectivity index is 1.59. The van der Waals surface area contributed by atoms with Crippen molar-refractivity contribution in [2.24, 2.45) is 0 Å². The Bertz CT molecular complexity index is 901. The molecule has 2 aromatic rings. The van der Waals surface area contributed by atoms with Crippen molar-refractivity contribution in [3.05, 3.63) is 42.0 Å². The summed E-state index contributed by atoms with van der Waals surface area (Å²) in [6.07, 6.45) is 3.58. The smallest absolute Gasteiger partial charge is 0.236 e. The Morgan fingerprint density at radius 1 is 1.27 bits per heavy atom. The van der Waals surface area contributed by atoms with E-state index in [1.165, 1.54) is 12.1 Å². The average molecular weight is 413 g/mol. The summed E-state index contributed by atoms with van der Waals surface area (Å²) >= 11 is 0. The number of carbonyl (C=O) groups is 1. The SMILES string of the molecule is CN(C)c1ncc(-c2cccc(F)c2)c([C@H]2CN(CC(=O)N3CCCC3)CCO2)n1. The van der Waals surface area contributed by atoms with Crippen molar-refractivity contribution in [3.63, 3.8) is 0 Å². The van der Waals surface area contributed by atoms with Gasteiger partial charge < -0.3 is 14.5 Å². The number of anilines is 1. The number of halogens is 1. The van der Waals surface area contributed by atoms with Crippen LogP contribution in [0.5, 0.6) is 0 Å². The number of aromatic nitrogens is 2. The molecule has 0 N–H and O–H groups in total. The third-order valence-corrected chi connectivity index (χ3v) is 5.61. The molecule has 160 valence electrons. The van der Waals surface area contributed by atoms with Crippen LogP contribution in [-0.2, 0) is 9.53 Å². The second-order valence-electron chi connectivity index (χ2n) is 8.06. The highest BCUT2D eigenvalue weighted by Gasteiger charge is 2.29. The van der Waals surface area contributed by atoms with E-state index in [0.717, 1.165) is 37.2 Å². The molecule has 2 aliphatic heterocycles. The monoisotopic (exact) mass is 413 g/mol. The van der Waals surface area contributed by atoms with E-state index in [4.69, 9.17) is 9.72 Å². The summed E-state index contributed by atoms with van der Waals surface area (Å²) in [6.45, 7) is 3.88. The lowest BCUT2D eigenvalue weighted by Crippen LogP contribution is -2.45. The highest BCUT2D eigenvalue weighted by molar-refractivity contribution is 5.78. The first-order valence-electron chi connectivity index (χ1n) is 10.4. The second-order valence-corrected chi connectivity index (χ2v) is 8.06. The number of nitrogens with zero attached hydrogens (tertiary/aromatic N) is 5. The molecule has 0 saturated carbocycles. The van der Waals surface area contributed by atoms with Crippen molar-refractivity contribution in [2.75, 3.05) is 58.3 Å². The summed E-state index contributed by atoms with van der Waals surface area (Å²) in [5.41, 5.74) is 2.18. The van der Waals surface area contributed by atoms with Gasteiger partial charge in [0.15, 0.2) is 0 Å². The number of likely N-dealkylation sites (tertiary alicyclic amines) is 1. The number of rotatable bonds is 5. The average Bonchev–Trinajstić information content (AvgIpc) is 3.28. The first kappa shape index (κ1) is 20.7. The van der Waals surface area contributed by atoms with E-state index in [1.807, 2.05) is 30.0 Å². The van der Waals surface area contributed by atoms with Gasteiger partial charge >= 0.3 is 0 Å². The van der Waals surface area contributed by atoms with Gasteiger partial charge in [-0.1, -0.05) is 12.1 Å². The zero-order valence-electron chi connectivity index (χ0n) is 17.6. The molecule has 7 nitrogen and oxygen atoms in total. The molecule has 1 atom stereocenters. The quantitative estimate of drug-likeness (QED) is 0.750. The Labute approximate surface area is 176 Å². The lowest BCUT2D eigenvalue weighted by Gasteiger charge is -2.34. The molecule has 4 rings (SSSR count). The van der Waals surface area contributed by atoms with Gasteiger partial charge in [0.1, 0.15) is 11.9 Å². The highest BCUT2D eigenvalue weighted by Crippen LogP contribution is 2.32. The first-order chi connectivity index (χ1) is 14.5. The summed E-state index contributed by atoms with van der Waals surface area (Å²) in [5.74, 6) is 0.437. The van der Waals surface area contributed by atoms with Crippen molar-refractivity contribution in [1.29, 1.82) is 0 Å². The lowest BCUT2D eigenvalue weighted by molar-refractivity contribution is -0.133. The minimum absolute atomic E-state index is 0.176. The van der Waals surface area contributed by atoms with Gasteiger partial charge in [0.25, 0.3) is 0 Å². The second kappa shape index (κ2) is 9.06. The van der Waals surface area contributed by atoms with Crippen LogP contribution in [0.1, 0.15) is 24.6 Å². The van der Waals surface area contributed by atoms with E-state index in [-0.39, 0.29) is 17.8 Å². The van der Waals surface area contributed by atoms with Crippen molar-refractivity contribution >= 4 is 11.9 Å². The molecule has 0 radical (unpaired) electrons. The Morgan fingerprint density at radius 2 is 2.07 bits per heavy atom. The Kier molecular flexibility index (Phi) is 6.24. The van der Waals surface area contributed by atoms with Crippen LogP contribution in [0.2, 0.25) is 0 Å². The molecule has 2 saturated heterocycles. The maximum Gasteiger partial charge on any atom is 0.236 e. The molecule has 1 aromatic heterocycles. The normalized spacial score (nSPS) is 19.8. The predicted molar refractivity (Wildman–Crippen MR) is 113 cm³/mol. The van der Waals surface area contributed by atoms with Crippen LogP contribution >= 0.6 is 0 Å². The number of benzene rings is 1. The molecule has 0 unspecified atom stereocenters. The zero-order valence-corrected chi connectivity index (χ0v) is 17.6. The van der Waals surface area contributed by atoms with Gasteiger partial charge in [-0.15, -0.1) is 0 Å². The molecular weight excluding hydrogens is 385 g/mol. The molecule has 3 heterocycles. The van der Waals surface area contributed by atoms with Crippen molar-refractivity contribution < 1.29 is 13.9 Å². The van der Waals surface area contributed by atoms with E-state index in [2.05, 4.69) is 9.88 Å². The summed E-state index contributed by atoms with van der Waals surface area (Å²) in [5, 5.41) is 0. The highest BCUT2D eigenvalue weighted by atomic mass is 19.1. The van der Waals surface area contributed by atoms with E-state index >= 15 is 0 Å². The lowest BCUT2D eigenvalue weighted by atomic mass is 10.0. The third-order valence-electron chi connectivity index (χ3n) is 5.61. The van der Waals surface area contributed by atoms with Crippen LogP contribution in [-0.4, -0.2) is 79.1 Å². The third kappa shape index (κ3) is 4.60. The minimum Gasteiger partial charge on any atom is -0.369 e. The topological polar surface area (TPSA) is 61.8 Å². The van der Waals surface area contributed by atoms with E-state index in [1.54, 1.807) is 12.3 Å². The number of amides is 1. The van der Waals surface area contributed by atoms with Gasteiger partial charge in [-0.2, -0.15) is 0 Å². The van der Waals surface area contributed by atoms with Gasteiger partial charge in [-0.25, -0.2) is 14.4 Å². The fraction of sp³-hybridized carbons (Fsp3) is 0.500. The van der Waals surface area contributed by atoms with Crippen molar-refractivity contribution in [1.82, 2.24) is 19.8 Å². The molecule has 8 heteroatoms. The van der Waals surface area contributed by atoms with E-state index in [9.17, 15) is 9.18 Å². The molecular formula is C22H28FN5O2. The van der Waals surface area contributed by atoms with Crippen LogP contribution < -0.4 is 4.90 Å². The van der Waals surface area contributed by atoms with Crippen molar-refractivity contribution in [2.45, 2.75) is 18.9 Å². The van der Waals surface area contributed by atoms with E-state index in [0.29, 0.717) is 37.8 Å². The molecule has 1 aromatic carbocycles. The summed E-state index contributed by atoms with van der Waals surface area (Å²) in [7, 11) is 3.76. The van der Waals surface area contributed by atoms with Crippen molar-refractivity contribution in [3.8, 4) is 11.1 Å². The molecule has 2 aliphatic rings.